The van der Waals surface area contributed by atoms with Crippen LogP contribution in [-0.2, 0) is 11.3 Å². The van der Waals surface area contributed by atoms with Crippen LogP contribution in [0.4, 0.5) is 0 Å². The molecule has 1 amide bonds. The van der Waals surface area contributed by atoms with E-state index in [9.17, 15) is 4.79 Å². The van der Waals surface area contributed by atoms with E-state index in [4.69, 9.17) is 11.1 Å². The zero-order chi connectivity index (χ0) is 11.5. The number of aromatic nitrogens is 1. The topological polar surface area (TPSA) is 83.8 Å². The van der Waals surface area contributed by atoms with Crippen LogP contribution in [0.25, 0.3) is 0 Å². The Bertz CT molecular complexity index is 400. The first-order chi connectivity index (χ1) is 7.01. The standard InChI is InChI=1S/C10H14N4O/c1-10(2,9(15)13-12)7-14-5-3-4-8(14)6-11/h3-5H,7,12H2,1-2H3,(H,13,15). The smallest absolute Gasteiger partial charge is 0.241 e. The highest BCUT2D eigenvalue weighted by Gasteiger charge is 2.27. The molecule has 1 aromatic heterocycles. The first kappa shape index (κ1) is 11.3. The van der Waals surface area contributed by atoms with Crippen LogP contribution >= 0.6 is 0 Å². The fourth-order valence-corrected chi connectivity index (χ4v) is 1.35. The summed E-state index contributed by atoms with van der Waals surface area (Å²) in [5.74, 6) is 4.83. The van der Waals surface area contributed by atoms with Crippen LogP contribution in [0.1, 0.15) is 19.5 Å². The lowest BCUT2D eigenvalue weighted by Gasteiger charge is -2.23. The predicted molar refractivity (Wildman–Crippen MR) is 55.3 cm³/mol. The Hall–Kier alpha value is -1.80. The lowest BCUT2D eigenvalue weighted by atomic mass is 9.92. The van der Waals surface area contributed by atoms with E-state index in [1.165, 1.54) is 0 Å². The molecule has 0 unspecified atom stereocenters. The van der Waals surface area contributed by atoms with Gasteiger partial charge in [-0.3, -0.25) is 10.2 Å². The Balaban J connectivity index is 2.87. The third-order valence-corrected chi connectivity index (χ3v) is 2.26. The van der Waals surface area contributed by atoms with Crippen molar-refractivity contribution in [3.05, 3.63) is 24.0 Å². The third kappa shape index (κ3) is 2.36. The van der Waals surface area contributed by atoms with Gasteiger partial charge in [-0.2, -0.15) is 5.26 Å². The number of nitrogens with one attached hydrogen (secondary N) is 1. The van der Waals surface area contributed by atoms with Crippen molar-refractivity contribution in [2.24, 2.45) is 11.3 Å². The van der Waals surface area contributed by atoms with Crippen molar-refractivity contribution in [2.45, 2.75) is 20.4 Å². The summed E-state index contributed by atoms with van der Waals surface area (Å²) in [5.41, 5.74) is 2.02. The van der Waals surface area contributed by atoms with Gasteiger partial charge in [0, 0.05) is 12.7 Å². The molecule has 0 aliphatic heterocycles. The van der Waals surface area contributed by atoms with E-state index < -0.39 is 5.41 Å². The van der Waals surface area contributed by atoms with Crippen LogP contribution < -0.4 is 11.3 Å². The molecule has 0 aliphatic rings. The minimum atomic E-state index is -0.640. The first-order valence-electron chi connectivity index (χ1n) is 4.57. The van der Waals surface area contributed by atoms with Crippen molar-refractivity contribution in [3.8, 4) is 6.07 Å². The fraction of sp³-hybridized carbons (Fsp3) is 0.400. The van der Waals surface area contributed by atoms with Gasteiger partial charge in [-0.05, 0) is 26.0 Å². The molecule has 15 heavy (non-hydrogen) atoms. The van der Waals surface area contributed by atoms with Gasteiger partial charge >= 0.3 is 0 Å². The Morgan fingerprint density at radius 1 is 1.73 bits per heavy atom. The zero-order valence-electron chi connectivity index (χ0n) is 8.82. The van der Waals surface area contributed by atoms with E-state index in [0.29, 0.717) is 12.2 Å². The van der Waals surface area contributed by atoms with Crippen LogP contribution in [0.2, 0.25) is 0 Å². The van der Waals surface area contributed by atoms with Crippen LogP contribution in [0, 0.1) is 16.7 Å². The van der Waals surface area contributed by atoms with Gasteiger partial charge in [-0.1, -0.05) is 0 Å². The van der Waals surface area contributed by atoms with Gasteiger partial charge in [-0.25, -0.2) is 5.84 Å². The van der Waals surface area contributed by atoms with E-state index in [-0.39, 0.29) is 5.91 Å². The van der Waals surface area contributed by atoms with Crippen LogP contribution in [0.15, 0.2) is 18.3 Å². The van der Waals surface area contributed by atoms with Crippen LogP contribution in [0.5, 0.6) is 0 Å². The number of hydrogen-bond donors (Lipinski definition) is 2. The Morgan fingerprint density at radius 2 is 2.40 bits per heavy atom. The Kier molecular flexibility index (Phi) is 3.12. The van der Waals surface area contributed by atoms with Gasteiger partial charge in [0.25, 0.3) is 0 Å². The summed E-state index contributed by atoms with van der Waals surface area (Å²) in [7, 11) is 0. The Morgan fingerprint density at radius 3 is 2.93 bits per heavy atom. The number of carbonyl (C=O) groups excluding carboxylic acids is 1. The van der Waals surface area contributed by atoms with Gasteiger partial charge in [-0.15, -0.1) is 0 Å². The molecule has 0 saturated carbocycles. The number of nitrogens with zero attached hydrogens (tertiary/aromatic N) is 2. The highest BCUT2D eigenvalue weighted by atomic mass is 16.2. The Labute approximate surface area is 88.5 Å². The molecule has 0 spiro atoms. The maximum Gasteiger partial charge on any atom is 0.241 e. The summed E-state index contributed by atoms with van der Waals surface area (Å²) in [4.78, 5) is 11.4. The largest absolute Gasteiger partial charge is 0.338 e. The zero-order valence-corrected chi connectivity index (χ0v) is 8.82. The molecule has 5 nitrogen and oxygen atoms in total. The first-order valence-corrected chi connectivity index (χ1v) is 4.57. The quantitative estimate of drug-likeness (QED) is 0.426. The summed E-state index contributed by atoms with van der Waals surface area (Å²) < 4.78 is 1.73. The van der Waals surface area contributed by atoms with Gasteiger partial charge in [0.1, 0.15) is 11.8 Å². The maximum absolute atomic E-state index is 11.4. The SMILES string of the molecule is CC(C)(Cn1cccc1C#N)C(=O)NN. The normalized spacial score (nSPS) is 10.8. The van der Waals surface area contributed by atoms with Crippen LogP contribution in [-0.4, -0.2) is 10.5 Å². The second kappa shape index (κ2) is 4.15. The number of carbonyl (C=O) groups is 1. The number of rotatable bonds is 3. The summed E-state index contributed by atoms with van der Waals surface area (Å²) >= 11 is 0. The predicted octanol–water partition coefficient (Wildman–Crippen LogP) is 0.376. The molecule has 0 aliphatic carbocycles. The van der Waals surface area contributed by atoms with E-state index in [1.54, 1.807) is 36.7 Å². The van der Waals surface area contributed by atoms with E-state index in [0.717, 1.165) is 0 Å². The second-order valence-electron chi connectivity index (χ2n) is 3.99. The molecule has 1 aromatic rings. The summed E-state index contributed by atoms with van der Waals surface area (Å²) in [6.07, 6.45) is 1.77. The summed E-state index contributed by atoms with van der Waals surface area (Å²) in [5, 5.41) is 8.80. The van der Waals surface area contributed by atoms with Crippen molar-refractivity contribution in [2.75, 3.05) is 0 Å². The molecule has 3 N–H and O–H groups in total. The van der Waals surface area contributed by atoms with Crippen molar-refractivity contribution in [1.29, 1.82) is 5.26 Å². The van der Waals surface area contributed by atoms with Gasteiger partial charge in [0.05, 0.1) is 5.41 Å². The molecule has 0 aromatic carbocycles. The molecule has 0 bridgehead atoms. The third-order valence-electron chi connectivity index (χ3n) is 2.26. The van der Waals surface area contributed by atoms with Crippen molar-refractivity contribution < 1.29 is 4.79 Å². The average Bonchev–Trinajstić information content (AvgIpc) is 2.63. The highest BCUT2D eigenvalue weighted by Crippen LogP contribution is 2.19. The second-order valence-corrected chi connectivity index (χ2v) is 3.99. The molecule has 80 valence electrons. The molecular formula is C10H14N4O. The number of amides is 1. The number of nitrogens with two attached hydrogens (primary N) is 1. The van der Waals surface area contributed by atoms with E-state index in [1.807, 2.05) is 0 Å². The summed E-state index contributed by atoms with van der Waals surface area (Å²) in [6, 6.07) is 5.53. The highest BCUT2D eigenvalue weighted by molar-refractivity contribution is 5.81. The minimum absolute atomic E-state index is 0.250. The van der Waals surface area contributed by atoms with E-state index >= 15 is 0 Å². The van der Waals surface area contributed by atoms with Gasteiger partial charge in [0.15, 0.2) is 0 Å². The average molecular weight is 206 g/mol. The minimum Gasteiger partial charge on any atom is -0.338 e. The lowest BCUT2D eigenvalue weighted by Crippen LogP contribution is -2.43. The molecule has 1 rings (SSSR count). The van der Waals surface area contributed by atoms with Gasteiger partial charge < -0.3 is 4.57 Å². The number of nitriles is 1. The number of hydrazine groups is 1. The molecule has 0 fully saturated rings. The van der Waals surface area contributed by atoms with Crippen LogP contribution in [0.3, 0.4) is 0 Å². The molecule has 0 atom stereocenters. The lowest BCUT2D eigenvalue weighted by molar-refractivity contribution is -0.130. The fourth-order valence-electron chi connectivity index (χ4n) is 1.35. The van der Waals surface area contributed by atoms with Crippen molar-refractivity contribution in [3.63, 3.8) is 0 Å². The monoisotopic (exact) mass is 206 g/mol. The van der Waals surface area contributed by atoms with Crippen molar-refractivity contribution >= 4 is 5.91 Å². The summed E-state index contributed by atoms with van der Waals surface area (Å²) in [6.45, 7) is 3.97. The molecule has 1 heterocycles. The van der Waals surface area contributed by atoms with Gasteiger partial charge in [0.2, 0.25) is 5.91 Å². The molecule has 0 radical (unpaired) electrons. The van der Waals surface area contributed by atoms with Crippen molar-refractivity contribution in [1.82, 2.24) is 9.99 Å². The maximum atomic E-state index is 11.4. The number of hydrogen-bond acceptors (Lipinski definition) is 3. The van der Waals surface area contributed by atoms with E-state index in [2.05, 4.69) is 11.5 Å². The molecular weight excluding hydrogens is 192 g/mol. The molecule has 5 heteroatoms. The molecule has 0 saturated heterocycles.